The molecule has 2 aliphatic rings. The molecule has 6 nitrogen and oxygen atoms in total. The van der Waals surface area contributed by atoms with Crippen LogP contribution in [-0.4, -0.2) is 58.0 Å². The summed E-state index contributed by atoms with van der Waals surface area (Å²) in [5.74, 6) is 0.639. The van der Waals surface area contributed by atoms with E-state index >= 15 is 0 Å². The van der Waals surface area contributed by atoms with E-state index in [-0.39, 0.29) is 12.1 Å². The molecule has 1 unspecified atom stereocenters. The molecule has 0 spiro atoms. The Hall–Kier alpha value is -1.59. The maximum absolute atomic E-state index is 11.9. The number of likely N-dealkylation sites (tertiary alicyclic amines) is 1. The first-order chi connectivity index (χ1) is 8.65. The van der Waals surface area contributed by atoms with Crippen molar-refractivity contribution in [1.82, 2.24) is 24.8 Å². The van der Waals surface area contributed by atoms with Gasteiger partial charge in [-0.1, -0.05) is 5.21 Å². The monoisotopic (exact) mass is 249 g/mol. The first-order valence-electron chi connectivity index (χ1n) is 6.53. The van der Waals surface area contributed by atoms with Crippen LogP contribution in [0.25, 0.3) is 0 Å². The first-order valence-corrected chi connectivity index (χ1v) is 6.53. The number of hydrogen-bond donors (Lipinski definition) is 0. The molecule has 1 saturated carbocycles. The van der Waals surface area contributed by atoms with E-state index in [9.17, 15) is 4.79 Å². The first kappa shape index (κ1) is 11.5. The molecule has 0 radical (unpaired) electrons. The van der Waals surface area contributed by atoms with E-state index in [1.165, 1.54) is 12.8 Å². The molecule has 6 heteroatoms. The van der Waals surface area contributed by atoms with Gasteiger partial charge in [-0.3, -0.25) is 0 Å². The van der Waals surface area contributed by atoms with E-state index in [1.807, 2.05) is 9.58 Å². The topological polar surface area (TPSA) is 54.3 Å². The van der Waals surface area contributed by atoms with Crippen molar-refractivity contribution in [3.63, 3.8) is 0 Å². The van der Waals surface area contributed by atoms with E-state index < -0.39 is 0 Å². The molecule has 0 N–H and O–H groups in total. The normalized spacial score (nSPS) is 23.4. The second-order valence-corrected chi connectivity index (χ2v) is 5.46. The van der Waals surface area contributed by atoms with Crippen molar-refractivity contribution in [3.8, 4) is 0 Å². The second-order valence-electron chi connectivity index (χ2n) is 5.46. The van der Waals surface area contributed by atoms with Crippen molar-refractivity contribution in [2.45, 2.75) is 31.2 Å². The van der Waals surface area contributed by atoms with Crippen molar-refractivity contribution < 1.29 is 4.79 Å². The highest BCUT2D eigenvalue weighted by Gasteiger charge is 2.31. The minimum absolute atomic E-state index is 0.0834. The molecule has 1 atom stereocenters. The van der Waals surface area contributed by atoms with E-state index in [0.29, 0.717) is 5.92 Å². The van der Waals surface area contributed by atoms with Crippen molar-refractivity contribution in [3.05, 3.63) is 11.9 Å². The van der Waals surface area contributed by atoms with Gasteiger partial charge < -0.3 is 9.80 Å². The SMILES string of the molecule is CN(C)C(=O)N1CCC(n2cc(C3CC3)nn2)C1. The van der Waals surface area contributed by atoms with Crippen LogP contribution in [0.1, 0.15) is 36.9 Å². The predicted molar refractivity (Wildman–Crippen MR) is 66.3 cm³/mol. The van der Waals surface area contributed by atoms with Crippen LogP contribution in [-0.2, 0) is 0 Å². The lowest BCUT2D eigenvalue weighted by atomic mass is 10.2. The minimum Gasteiger partial charge on any atom is -0.331 e. The Bertz CT molecular complexity index is 451. The van der Waals surface area contributed by atoms with E-state index in [1.54, 1.807) is 19.0 Å². The Morgan fingerprint density at radius 3 is 2.83 bits per heavy atom. The molecule has 3 rings (SSSR count). The van der Waals surface area contributed by atoms with Crippen molar-refractivity contribution >= 4 is 6.03 Å². The van der Waals surface area contributed by atoms with Crippen molar-refractivity contribution in [2.75, 3.05) is 27.2 Å². The summed E-state index contributed by atoms with van der Waals surface area (Å²) in [6.07, 6.45) is 5.52. The maximum atomic E-state index is 11.9. The summed E-state index contributed by atoms with van der Waals surface area (Å²) in [6, 6.07) is 0.369. The Morgan fingerprint density at radius 2 is 2.17 bits per heavy atom. The van der Waals surface area contributed by atoms with Gasteiger partial charge in [-0.05, 0) is 19.3 Å². The third kappa shape index (κ3) is 2.07. The summed E-state index contributed by atoms with van der Waals surface area (Å²) in [6.45, 7) is 1.55. The largest absolute Gasteiger partial charge is 0.331 e. The quantitative estimate of drug-likeness (QED) is 0.788. The van der Waals surface area contributed by atoms with Crippen LogP contribution in [0.4, 0.5) is 4.79 Å². The lowest BCUT2D eigenvalue weighted by Crippen LogP contribution is -2.37. The van der Waals surface area contributed by atoms with Gasteiger partial charge in [0.25, 0.3) is 0 Å². The van der Waals surface area contributed by atoms with Gasteiger partial charge in [0.1, 0.15) is 0 Å². The van der Waals surface area contributed by atoms with E-state index in [4.69, 9.17) is 0 Å². The molecule has 2 fully saturated rings. The van der Waals surface area contributed by atoms with Crippen LogP contribution >= 0.6 is 0 Å². The summed E-state index contributed by atoms with van der Waals surface area (Å²) in [7, 11) is 3.58. The summed E-state index contributed by atoms with van der Waals surface area (Å²) in [5.41, 5.74) is 1.12. The molecular formula is C12H19N5O. The molecule has 1 aliphatic carbocycles. The zero-order valence-electron chi connectivity index (χ0n) is 10.9. The number of urea groups is 1. The Labute approximate surface area is 107 Å². The van der Waals surface area contributed by atoms with Gasteiger partial charge in [0.05, 0.1) is 11.7 Å². The van der Waals surface area contributed by atoms with Gasteiger partial charge >= 0.3 is 6.03 Å². The van der Waals surface area contributed by atoms with Crippen LogP contribution in [0.15, 0.2) is 6.20 Å². The fourth-order valence-corrected chi connectivity index (χ4v) is 2.45. The summed E-state index contributed by atoms with van der Waals surface area (Å²) >= 11 is 0. The van der Waals surface area contributed by atoms with Crippen LogP contribution < -0.4 is 0 Å². The minimum atomic E-state index is 0.0834. The Morgan fingerprint density at radius 1 is 1.39 bits per heavy atom. The molecule has 18 heavy (non-hydrogen) atoms. The number of carbonyl (C=O) groups excluding carboxylic acids is 1. The number of hydrogen-bond acceptors (Lipinski definition) is 3. The molecule has 98 valence electrons. The van der Waals surface area contributed by atoms with Gasteiger partial charge in [-0.15, -0.1) is 5.10 Å². The standard InChI is InChI=1S/C12H19N5O/c1-15(2)12(18)16-6-5-10(7-16)17-8-11(13-14-17)9-3-4-9/h8-10H,3-7H2,1-2H3. The lowest BCUT2D eigenvalue weighted by molar-refractivity contribution is 0.180. The lowest BCUT2D eigenvalue weighted by Gasteiger charge is -2.21. The zero-order chi connectivity index (χ0) is 12.7. The molecule has 0 aromatic carbocycles. The highest BCUT2D eigenvalue weighted by Crippen LogP contribution is 2.39. The van der Waals surface area contributed by atoms with E-state index in [2.05, 4.69) is 16.5 Å². The number of carbonyl (C=O) groups is 1. The van der Waals surface area contributed by atoms with Crippen LogP contribution in [0, 0.1) is 0 Å². The van der Waals surface area contributed by atoms with Crippen molar-refractivity contribution in [2.24, 2.45) is 0 Å². The smallest absolute Gasteiger partial charge is 0.319 e. The summed E-state index contributed by atoms with van der Waals surface area (Å²) in [4.78, 5) is 15.4. The van der Waals surface area contributed by atoms with Gasteiger partial charge in [-0.2, -0.15) is 0 Å². The number of aromatic nitrogens is 3. The zero-order valence-corrected chi connectivity index (χ0v) is 10.9. The van der Waals surface area contributed by atoms with E-state index in [0.717, 1.165) is 25.2 Å². The van der Waals surface area contributed by atoms with Gasteiger partial charge in [0, 0.05) is 39.3 Å². The van der Waals surface area contributed by atoms with Crippen molar-refractivity contribution in [1.29, 1.82) is 0 Å². The third-order valence-electron chi connectivity index (χ3n) is 3.71. The summed E-state index contributed by atoms with van der Waals surface area (Å²) in [5, 5.41) is 8.44. The fourth-order valence-electron chi connectivity index (χ4n) is 2.45. The number of nitrogens with zero attached hydrogens (tertiary/aromatic N) is 5. The predicted octanol–water partition coefficient (Wildman–Crippen LogP) is 1.08. The number of amides is 2. The van der Waals surface area contributed by atoms with Crippen LogP contribution in [0.3, 0.4) is 0 Å². The molecular weight excluding hydrogens is 230 g/mol. The molecule has 2 amide bonds. The molecule has 1 aromatic heterocycles. The van der Waals surface area contributed by atoms with Crippen LogP contribution in [0.2, 0.25) is 0 Å². The highest BCUT2D eigenvalue weighted by molar-refractivity contribution is 5.74. The Balaban J connectivity index is 1.65. The van der Waals surface area contributed by atoms with Crippen LogP contribution in [0.5, 0.6) is 0 Å². The molecule has 1 aromatic rings. The molecule has 1 aliphatic heterocycles. The second kappa shape index (κ2) is 4.26. The average Bonchev–Trinajstić information content (AvgIpc) is 2.92. The Kier molecular flexibility index (Phi) is 2.72. The van der Waals surface area contributed by atoms with Gasteiger partial charge in [0.15, 0.2) is 0 Å². The third-order valence-corrected chi connectivity index (χ3v) is 3.71. The van der Waals surface area contributed by atoms with Gasteiger partial charge in [0.2, 0.25) is 0 Å². The average molecular weight is 249 g/mol. The molecule has 1 saturated heterocycles. The summed E-state index contributed by atoms with van der Waals surface area (Å²) < 4.78 is 1.94. The number of rotatable bonds is 2. The molecule has 2 heterocycles. The molecule has 0 bridgehead atoms. The van der Waals surface area contributed by atoms with Gasteiger partial charge in [-0.25, -0.2) is 9.48 Å². The maximum Gasteiger partial charge on any atom is 0.319 e. The highest BCUT2D eigenvalue weighted by atomic mass is 16.2. The fraction of sp³-hybridized carbons (Fsp3) is 0.750.